The van der Waals surface area contributed by atoms with Gasteiger partial charge in [-0.1, -0.05) is 36.4 Å². The van der Waals surface area contributed by atoms with Crippen molar-refractivity contribution in [1.82, 2.24) is 4.98 Å². The van der Waals surface area contributed by atoms with E-state index in [2.05, 4.69) is 9.71 Å². The summed E-state index contributed by atoms with van der Waals surface area (Å²) in [5.41, 5.74) is 3.34. The summed E-state index contributed by atoms with van der Waals surface area (Å²) in [5, 5.41) is 0. The van der Waals surface area contributed by atoms with Crippen LogP contribution in [-0.2, 0) is 10.0 Å². The summed E-state index contributed by atoms with van der Waals surface area (Å²) in [7, 11) is -3.60. The lowest BCUT2D eigenvalue weighted by Crippen LogP contribution is -2.13. The minimum atomic E-state index is -3.60. The Balaban J connectivity index is 1.88. The molecule has 0 spiro atoms. The van der Waals surface area contributed by atoms with E-state index >= 15 is 0 Å². The number of nitrogens with one attached hydrogen (secondary N) is 1. The van der Waals surface area contributed by atoms with E-state index in [1.165, 1.54) is 0 Å². The van der Waals surface area contributed by atoms with Crippen LogP contribution in [0.2, 0.25) is 0 Å². The number of aromatic nitrogens is 1. The molecule has 0 fully saturated rings. The van der Waals surface area contributed by atoms with Crippen LogP contribution in [0.3, 0.4) is 0 Å². The first-order chi connectivity index (χ1) is 11.1. The number of hydrogen-bond donors (Lipinski definition) is 1. The van der Waals surface area contributed by atoms with Crippen molar-refractivity contribution in [2.45, 2.75) is 11.8 Å². The Bertz CT molecular complexity index is 905. The molecule has 3 rings (SSSR count). The van der Waals surface area contributed by atoms with Crippen LogP contribution in [-0.4, -0.2) is 13.4 Å². The fraction of sp³-hybridized carbons (Fsp3) is 0.0556. The maximum atomic E-state index is 12.5. The molecule has 0 aliphatic rings. The number of pyridine rings is 1. The van der Waals surface area contributed by atoms with E-state index in [0.29, 0.717) is 5.69 Å². The average Bonchev–Trinajstić information content (AvgIpc) is 2.58. The van der Waals surface area contributed by atoms with Gasteiger partial charge in [-0.3, -0.25) is 9.71 Å². The summed E-state index contributed by atoms with van der Waals surface area (Å²) in [6.07, 6.45) is 3.45. The summed E-state index contributed by atoms with van der Waals surface area (Å²) >= 11 is 0. The molecule has 0 saturated carbocycles. The van der Waals surface area contributed by atoms with Gasteiger partial charge in [0.15, 0.2) is 0 Å². The van der Waals surface area contributed by atoms with Crippen LogP contribution in [0, 0.1) is 6.92 Å². The molecule has 23 heavy (non-hydrogen) atoms. The third-order valence-corrected chi connectivity index (χ3v) is 4.93. The number of anilines is 1. The van der Waals surface area contributed by atoms with E-state index in [9.17, 15) is 8.42 Å². The van der Waals surface area contributed by atoms with E-state index in [1.807, 2.05) is 31.2 Å². The minimum Gasteiger partial charge on any atom is -0.279 e. The van der Waals surface area contributed by atoms with Gasteiger partial charge in [0.2, 0.25) is 0 Å². The Kier molecular flexibility index (Phi) is 4.12. The average molecular weight is 324 g/mol. The zero-order valence-electron chi connectivity index (χ0n) is 12.6. The lowest BCUT2D eigenvalue weighted by atomic mass is 10.1. The van der Waals surface area contributed by atoms with E-state index in [4.69, 9.17) is 0 Å². The van der Waals surface area contributed by atoms with Crippen LogP contribution < -0.4 is 4.72 Å². The third kappa shape index (κ3) is 3.40. The van der Waals surface area contributed by atoms with Gasteiger partial charge in [-0.25, -0.2) is 8.42 Å². The molecule has 1 aromatic heterocycles. The first-order valence-corrected chi connectivity index (χ1v) is 8.63. The van der Waals surface area contributed by atoms with Gasteiger partial charge in [-0.05, 0) is 47.9 Å². The summed E-state index contributed by atoms with van der Waals surface area (Å²) in [6, 6.07) is 17.8. The van der Waals surface area contributed by atoms with Gasteiger partial charge < -0.3 is 0 Å². The molecule has 0 aliphatic heterocycles. The Labute approximate surface area is 135 Å². The van der Waals surface area contributed by atoms with Crippen molar-refractivity contribution < 1.29 is 8.42 Å². The summed E-state index contributed by atoms with van der Waals surface area (Å²) in [4.78, 5) is 4.30. The highest BCUT2D eigenvalue weighted by Crippen LogP contribution is 2.23. The van der Waals surface area contributed by atoms with Crippen LogP contribution in [0.15, 0.2) is 78.0 Å². The number of benzene rings is 2. The van der Waals surface area contributed by atoms with Gasteiger partial charge in [0.25, 0.3) is 10.0 Å². The molecule has 116 valence electrons. The second-order valence-corrected chi connectivity index (χ2v) is 6.87. The quantitative estimate of drug-likeness (QED) is 0.793. The summed E-state index contributed by atoms with van der Waals surface area (Å²) < 4.78 is 27.6. The molecule has 0 saturated heterocycles. The molecular formula is C18H16N2O2S. The monoisotopic (exact) mass is 324 g/mol. The predicted molar refractivity (Wildman–Crippen MR) is 91.7 cm³/mol. The number of nitrogens with zero attached hydrogens (tertiary/aromatic N) is 1. The van der Waals surface area contributed by atoms with Crippen molar-refractivity contribution in [3.8, 4) is 11.1 Å². The van der Waals surface area contributed by atoms with Crippen LogP contribution >= 0.6 is 0 Å². The number of rotatable bonds is 4. The Hall–Kier alpha value is -2.66. The minimum absolute atomic E-state index is 0.230. The van der Waals surface area contributed by atoms with Crippen molar-refractivity contribution in [2.24, 2.45) is 0 Å². The molecule has 2 aromatic carbocycles. The molecule has 1 heterocycles. The highest BCUT2D eigenvalue weighted by atomic mass is 32.2. The third-order valence-electron chi connectivity index (χ3n) is 3.55. The van der Waals surface area contributed by atoms with Gasteiger partial charge in [0.05, 0.1) is 10.6 Å². The zero-order valence-corrected chi connectivity index (χ0v) is 13.4. The van der Waals surface area contributed by atoms with Crippen LogP contribution in [0.1, 0.15) is 5.56 Å². The topological polar surface area (TPSA) is 59.1 Å². The van der Waals surface area contributed by atoms with E-state index in [-0.39, 0.29) is 4.90 Å². The molecular weight excluding hydrogens is 308 g/mol. The van der Waals surface area contributed by atoms with Gasteiger partial charge in [0.1, 0.15) is 0 Å². The Morgan fingerprint density at radius 2 is 1.61 bits per heavy atom. The molecule has 0 aliphatic carbocycles. The van der Waals surface area contributed by atoms with Crippen molar-refractivity contribution >= 4 is 15.7 Å². The second-order valence-electron chi connectivity index (χ2n) is 5.19. The van der Waals surface area contributed by atoms with Crippen molar-refractivity contribution in [3.05, 3.63) is 78.6 Å². The first kappa shape index (κ1) is 15.2. The smallest absolute Gasteiger partial charge is 0.261 e. The largest absolute Gasteiger partial charge is 0.279 e. The highest BCUT2D eigenvalue weighted by molar-refractivity contribution is 7.92. The van der Waals surface area contributed by atoms with E-state index in [1.54, 1.807) is 48.8 Å². The SMILES string of the molecule is Cc1ccccc1NS(=O)(=O)c1ccc(-c2cccnc2)cc1. The van der Waals surface area contributed by atoms with E-state index in [0.717, 1.165) is 16.7 Å². The van der Waals surface area contributed by atoms with Crippen LogP contribution in [0.25, 0.3) is 11.1 Å². The number of sulfonamides is 1. The standard InChI is InChI=1S/C18H16N2O2S/c1-14-5-2-3-7-18(14)20-23(21,22)17-10-8-15(9-11-17)16-6-4-12-19-13-16/h2-13,20H,1H3. The fourth-order valence-corrected chi connectivity index (χ4v) is 3.38. The Morgan fingerprint density at radius 3 is 2.26 bits per heavy atom. The van der Waals surface area contributed by atoms with Gasteiger partial charge >= 0.3 is 0 Å². The van der Waals surface area contributed by atoms with Crippen LogP contribution in [0.5, 0.6) is 0 Å². The second kappa shape index (κ2) is 6.22. The number of hydrogen-bond acceptors (Lipinski definition) is 3. The normalized spacial score (nSPS) is 11.2. The fourth-order valence-electron chi connectivity index (χ4n) is 2.25. The van der Waals surface area contributed by atoms with Gasteiger partial charge in [-0.2, -0.15) is 0 Å². The van der Waals surface area contributed by atoms with Crippen molar-refractivity contribution in [2.75, 3.05) is 4.72 Å². The lowest BCUT2D eigenvalue weighted by Gasteiger charge is -2.11. The van der Waals surface area contributed by atoms with Crippen molar-refractivity contribution in [3.63, 3.8) is 0 Å². The lowest BCUT2D eigenvalue weighted by molar-refractivity contribution is 0.601. The molecule has 0 radical (unpaired) electrons. The molecule has 0 unspecified atom stereocenters. The summed E-state index contributed by atoms with van der Waals surface area (Å²) in [6.45, 7) is 1.86. The molecule has 1 N–H and O–H groups in total. The van der Waals surface area contributed by atoms with Crippen molar-refractivity contribution in [1.29, 1.82) is 0 Å². The number of para-hydroxylation sites is 1. The molecule has 0 atom stereocenters. The van der Waals surface area contributed by atoms with Gasteiger partial charge in [0, 0.05) is 12.4 Å². The molecule has 0 amide bonds. The molecule has 3 aromatic rings. The maximum absolute atomic E-state index is 12.5. The molecule has 5 heteroatoms. The molecule has 0 bridgehead atoms. The van der Waals surface area contributed by atoms with E-state index < -0.39 is 10.0 Å². The number of aryl methyl sites for hydroxylation is 1. The highest BCUT2D eigenvalue weighted by Gasteiger charge is 2.15. The van der Waals surface area contributed by atoms with Crippen LogP contribution in [0.4, 0.5) is 5.69 Å². The molecule has 4 nitrogen and oxygen atoms in total. The first-order valence-electron chi connectivity index (χ1n) is 7.15. The Morgan fingerprint density at radius 1 is 0.870 bits per heavy atom. The van der Waals surface area contributed by atoms with Gasteiger partial charge in [-0.15, -0.1) is 0 Å². The zero-order chi connectivity index (χ0) is 16.3. The maximum Gasteiger partial charge on any atom is 0.261 e. The predicted octanol–water partition coefficient (Wildman–Crippen LogP) is 3.86. The summed E-state index contributed by atoms with van der Waals surface area (Å²) in [5.74, 6) is 0.